The minimum absolute atomic E-state index is 0.0450. The summed E-state index contributed by atoms with van der Waals surface area (Å²) in [7, 11) is 0. The number of carbonyl (C=O) groups is 2. The summed E-state index contributed by atoms with van der Waals surface area (Å²) in [6.07, 6.45) is 3.08. The first-order chi connectivity index (χ1) is 11.0. The molecule has 1 heterocycles. The van der Waals surface area contributed by atoms with Crippen LogP contribution < -0.4 is 16.0 Å². The first kappa shape index (κ1) is 15.8. The molecule has 1 saturated carbocycles. The van der Waals surface area contributed by atoms with Crippen LogP contribution in [0.3, 0.4) is 0 Å². The van der Waals surface area contributed by atoms with Crippen LogP contribution in [0.1, 0.15) is 44.6 Å². The second-order valence-corrected chi connectivity index (χ2v) is 6.92. The van der Waals surface area contributed by atoms with Gasteiger partial charge in [0.05, 0.1) is 12.5 Å². The van der Waals surface area contributed by atoms with Gasteiger partial charge in [-0.3, -0.25) is 9.59 Å². The number of nitrogens with one attached hydrogen (secondary N) is 1. The molecular formula is C18H25N3O2. The van der Waals surface area contributed by atoms with Crippen LogP contribution >= 0.6 is 0 Å². The van der Waals surface area contributed by atoms with E-state index in [9.17, 15) is 9.59 Å². The Kier molecular flexibility index (Phi) is 4.28. The Hall–Kier alpha value is -2.04. The number of rotatable bonds is 5. The highest BCUT2D eigenvalue weighted by Crippen LogP contribution is 2.38. The number of carbonyl (C=O) groups excluding carboxylic acids is 2. The van der Waals surface area contributed by atoms with E-state index in [2.05, 4.69) is 17.1 Å². The summed E-state index contributed by atoms with van der Waals surface area (Å²) in [5, 5.41) is 3.10. The van der Waals surface area contributed by atoms with Gasteiger partial charge in [-0.05, 0) is 50.7 Å². The molecule has 5 heteroatoms. The first-order valence-corrected chi connectivity index (χ1v) is 8.41. The number of hydrogen-bond acceptors (Lipinski definition) is 3. The lowest BCUT2D eigenvalue weighted by Crippen LogP contribution is -2.48. The molecule has 124 valence electrons. The van der Waals surface area contributed by atoms with Gasteiger partial charge in [0.2, 0.25) is 11.8 Å². The minimum atomic E-state index is -0.296. The Morgan fingerprint density at radius 1 is 1.35 bits per heavy atom. The fraction of sp³-hybridized carbons (Fsp3) is 0.556. The van der Waals surface area contributed by atoms with Crippen LogP contribution in [-0.4, -0.2) is 30.4 Å². The highest BCUT2D eigenvalue weighted by molar-refractivity contribution is 5.87. The molecule has 1 aromatic carbocycles. The standard InChI is InChI=1S/C18H25N3O2/c1-11-9-15(18(19)23)14-5-3-4-6-16(14)21(11)10-17(22)20-12(2)13-7-8-13/h3-6,11-13,15H,7-10H2,1-2H3,(H2,19,23)(H,20,22). The molecule has 0 aromatic heterocycles. The van der Waals surface area contributed by atoms with E-state index in [0.717, 1.165) is 11.3 Å². The van der Waals surface area contributed by atoms with Crippen LogP contribution in [0.4, 0.5) is 5.69 Å². The predicted octanol–water partition coefficient (Wildman–Crippen LogP) is 1.77. The number of hydrogen-bond donors (Lipinski definition) is 2. The summed E-state index contributed by atoms with van der Waals surface area (Å²) >= 11 is 0. The lowest BCUT2D eigenvalue weighted by atomic mass is 9.85. The third kappa shape index (κ3) is 3.33. The minimum Gasteiger partial charge on any atom is -0.369 e. The van der Waals surface area contributed by atoms with Crippen molar-refractivity contribution in [2.45, 2.75) is 51.1 Å². The zero-order valence-corrected chi connectivity index (χ0v) is 13.8. The van der Waals surface area contributed by atoms with Gasteiger partial charge in [0.25, 0.3) is 0 Å². The molecule has 3 unspecified atom stereocenters. The SMILES string of the molecule is CC(NC(=O)CN1c2ccccc2C(C(N)=O)CC1C)C1CC1. The molecule has 1 fully saturated rings. The molecule has 0 spiro atoms. The van der Waals surface area contributed by atoms with E-state index in [1.807, 2.05) is 31.2 Å². The molecule has 0 saturated heterocycles. The number of para-hydroxylation sites is 1. The summed E-state index contributed by atoms with van der Waals surface area (Å²) < 4.78 is 0. The summed E-state index contributed by atoms with van der Waals surface area (Å²) in [6.45, 7) is 4.44. The topological polar surface area (TPSA) is 75.4 Å². The number of anilines is 1. The van der Waals surface area contributed by atoms with Crippen molar-refractivity contribution in [1.82, 2.24) is 5.32 Å². The van der Waals surface area contributed by atoms with E-state index in [-0.39, 0.29) is 29.8 Å². The molecule has 1 aromatic rings. The third-order valence-electron chi connectivity index (χ3n) is 5.11. The molecular weight excluding hydrogens is 290 g/mol. The van der Waals surface area contributed by atoms with Crippen molar-refractivity contribution in [3.8, 4) is 0 Å². The summed E-state index contributed by atoms with van der Waals surface area (Å²) in [6, 6.07) is 8.11. The lowest BCUT2D eigenvalue weighted by Gasteiger charge is -2.39. The molecule has 5 nitrogen and oxygen atoms in total. The Labute approximate surface area is 137 Å². The van der Waals surface area contributed by atoms with Crippen LogP contribution in [0.25, 0.3) is 0 Å². The zero-order valence-electron chi connectivity index (χ0n) is 13.8. The van der Waals surface area contributed by atoms with Crippen molar-refractivity contribution >= 4 is 17.5 Å². The van der Waals surface area contributed by atoms with Crippen molar-refractivity contribution in [3.63, 3.8) is 0 Å². The monoisotopic (exact) mass is 315 g/mol. The van der Waals surface area contributed by atoms with E-state index in [0.29, 0.717) is 18.9 Å². The maximum Gasteiger partial charge on any atom is 0.239 e. The van der Waals surface area contributed by atoms with Gasteiger partial charge in [0.1, 0.15) is 0 Å². The van der Waals surface area contributed by atoms with E-state index < -0.39 is 0 Å². The van der Waals surface area contributed by atoms with Crippen LogP contribution in [0, 0.1) is 5.92 Å². The quantitative estimate of drug-likeness (QED) is 0.869. The summed E-state index contributed by atoms with van der Waals surface area (Å²) in [5.74, 6) is 0.120. The summed E-state index contributed by atoms with van der Waals surface area (Å²) in [5.41, 5.74) is 7.44. The molecule has 3 N–H and O–H groups in total. The Bertz CT molecular complexity index is 612. The van der Waals surface area contributed by atoms with E-state index in [1.54, 1.807) is 0 Å². The largest absolute Gasteiger partial charge is 0.369 e. The van der Waals surface area contributed by atoms with Crippen molar-refractivity contribution in [1.29, 1.82) is 0 Å². The predicted molar refractivity (Wildman–Crippen MR) is 90.1 cm³/mol. The van der Waals surface area contributed by atoms with Crippen LogP contribution in [0.2, 0.25) is 0 Å². The molecule has 2 aliphatic rings. The third-order valence-corrected chi connectivity index (χ3v) is 5.11. The molecule has 0 radical (unpaired) electrons. The van der Waals surface area contributed by atoms with Gasteiger partial charge in [-0.2, -0.15) is 0 Å². The van der Waals surface area contributed by atoms with Crippen molar-refractivity contribution in [2.75, 3.05) is 11.4 Å². The molecule has 0 bridgehead atoms. The number of primary amides is 1. The van der Waals surface area contributed by atoms with E-state index in [4.69, 9.17) is 5.73 Å². The fourth-order valence-electron chi connectivity index (χ4n) is 3.56. The zero-order chi connectivity index (χ0) is 16.6. The van der Waals surface area contributed by atoms with Crippen molar-refractivity contribution in [3.05, 3.63) is 29.8 Å². The van der Waals surface area contributed by atoms with Crippen LogP contribution in [0.15, 0.2) is 24.3 Å². The average molecular weight is 315 g/mol. The van der Waals surface area contributed by atoms with Gasteiger partial charge >= 0.3 is 0 Å². The highest BCUT2D eigenvalue weighted by atomic mass is 16.2. The van der Waals surface area contributed by atoms with Gasteiger partial charge in [-0.25, -0.2) is 0 Å². The highest BCUT2D eigenvalue weighted by Gasteiger charge is 2.34. The molecule has 3 rings (SSSR count). The van der Waals surface area contributed by atoms with Gasteiger partial charge in [0.15, 0.2) is 0 Å². The Morgan fingerprint density at radius 2 is 2.04 bits per heavy atom. The molecule has 3 atom stereocenters. The fourth-order valence-corrected chi connectivity index (χ4v) is 3.56. The lowest BCUT2D eigenvalue weighted by molar-refractivity contribution is -0.120. The smallest absolute Gasteiger partial charge is 0.239 e. The number of amides is 2. The first-order valence-electron chi connectivity index (χ1n) is 8.41. The van der Waals surface area contributed by atoms with Gasteiger partial charge in [-0.1, -0.05) is 18.2 Å². The maximum atomic E-state index is 12.4. The second-order valence-electron chi connectivity index (χ2n) is 6.92. The maximum absolute atomic E-state index is 12.4. The number of nitrogens with two attached hydrogens (primary N) is 1. The van der Waals surface area contributed by atoms with Crippen LogP contribution in [0.5, 0.6) is 0 Å². The van der Waals surface area contributed by atoms with E-state index >= 15 is 0 Å². The number of nitrogens with zero attached hydrogens (tertiary/aromatic N) is 1. The number of benzene rings is 1. The normalized spacial score (nSPS) is 24.7. The number of fused-ring (bicyclic) bond motifs is 1. The van der Waals surface area contributed by atoms with Gasteiger partial charge in [-0.15, -0.1) is 0 Å². The Morgan fingerprint density at radius 3 is 2.70 bits per heavy atom. The van der Waals surface area contributed by atoms with Crippen LogP contribution in [-0.2, 0) is 9.59 Å². The average Bonchev–Trinajstić information content (AvgIpc) is 3.34. The van der Waals surface area contributed by atoms with E-state index in [1.165, 1.54) is 12.8 Å². The molecule has 23 heavy (non-hydrogen) atoms. The Balaban J connectivity index is 1.76. The van der Waals surface area contributed by atoms with Gasteiger partial charge < -0.3 is 16.0 Å². The summed E-state index contributed by atoms with van der Waals surface area (Å²) in [4.78, 5) is 26.2. The van der Waals surface area contributed by atoms with Crippen molar-refractivity contribution in [2.24, 2.45) is 11.7 Å². The molecule has 1 aliphatic carbocycles. The van der Waals surface area contributed by atoms with Crippen molar-refractivity contribution < 1.29 is 9.59 Å². The second kappa shape index (κ2) is 6.22. The molecule has 2 amide bonds. The molecule has 1 aliphatic heterocycles. The van der Waals surface area contributed by atoms with Gasteiger partial charge in [0, 0.05) is 17.8 Å².